The molecule has 24 heavy (non-hydrogen) atoms. The van der Waals surface area contributed by atoms with Gasteiger partial charge in [-0.3, -0.25) is 4.79 Å². The van der Waals surface area contributed by atoms with Crippen LogP contribution in [-0.4, -0.2) is 18.6 Å². The minimum atomic E-state index is -0.424. The predicted molar refractivity (Wildman–Crippen MR) is 95.8 cm³/mol. The quantitative estimate of drug-likeness (QED) is 0.841. The maximum absolute atomic E-state index is 11.7. The molecule has 0 heterocycles. The van der Waals surface area contributed by atoms with Gasteiger partial charge in [-0.25, -0.2) is 0 Å². The average Bonchev–Trinajstić information content (AvgIpc) is 2.95. The fraction of sp³-hybridized carbons (Fsp3) is 0.650. The summed E-state index contributed by atoms with van der Waals surface area (Å²) in [5.41, 5.74) is 13.7. The molecule has 1 aromatic carbocycles. The summed E-state index contributed by atoms with van der Waals surface area (Å²) in [6, 6.07) is 6.50. The van der Waals surface area contributed by atoms with Crippen molar-refractivity contribution in [3.8, 4) is 5.75 Å². The molecule has 3 unspecified atom stereocenters. The second-order valence-corrected chi connectivity index (χ2v) is 7.90. The molecule has 0 bridgehead atoms. The maximum Gasteiger partial charge on any atom is 0.223 e. The lowest BCUT2D eigenvalue weighted by Crippen LogP contribution is -2.41. The molecule has 4 heteroatoms. The second kappa shape index (κ2) is 7.14. The van der Waals surface area contributed by atoms with Crippen LogP contribution in [0.25, 0.3) is 0 Å². The fourth-order valence-corrected chi connectivity index (χ4v) is 4.31. The molecule has 0 spiro atoms. The van der Waals surface area contributed by atoms with Crippen LogP contribution in [0, 0.1) is 11.3 Å². The summed E-state index contributed by atoms with van der Waals surface area (Å²) in [6.07, 6.45) is 8.29. The molecule has 1 saturated carbocycles. The van der Waals surface area contributed by atoms with Crippen molar-refractivity contribution in [3.05, 3.63) is 29.3 Å². The molecule has 1 amide bonds. The van der Waals surface area contributed by atoms with E-state index in [1.54, 1.807) is 0 Å². The van der Waals surface area contributed by atoms with Crippen LogP contribution in [0.2, 0.25) is 0 Å². The van der Waals surface area contributed by atoms with Crippen LogP contribution in [-0.2, 0) is 17.6 Å². The van der Waals surface area contributed by atoms with Crippen LogP contribution in [0.1, 0.15) is 56.6 Å². The molecule has 0 radical (unpaired) electrons. The summed E-state index contributed by atoms with van der Waals surface area (Å²) in [5, 5.41) is 0. The number of ether oxygens (including phenoxy) is 1. The van der Waals surface area contributed by atoms with Gasteiger partial charge >= 0.3 is 0 Å². The van der Waals surface area contributed by atoms with Gasteiger partial charge in [-0.2, -0.15) is 0 Å². The van der Waals surface area contributed by atoms with Crippen molar-refractivity contribution in [1.82, 2.24) is 0 Å². The number of benzene rings is 1. The van der Waals surface area contributed by atoms with Gasteiger partial charge in [0.15, 0.2) is 0 Å². The van der Waals surface area contributed by atoms with Crippen molar-refractivity contribution in [2.24, 2.45) is 22.8 Å². The lowest BCUT2D eigenvalue weighted by atomic mass is 9.74. The van der Waals surface area contributed by atoms with Gasteiger partial charge in [-0.15, -0.1) is 0 Å². The lowest BCUT2D eigenvalue weighted by molar-refractivity contribution is -0.130. The van der Waals surface area contributed by atoms with Crippen molar-refractivity contribution in [1.29, 1.82) is 0 Å². The van der Waals surface area contributed by atoms with Gasteiger partial charge in [0.1, 0.15) is 5.75 Å². The summed E-state index contributed by atoms with van der Waals surface area (Å²) in [4.78, 5) is 11.7. The maximum atomic E-state index is 11.7. The number of carbonyl (C=O) groups excluding carboxylic acids is 1. The lowest BCUT2D eigenvalue weighted by Gasteiger charge is -2.35. The largest absolute Gasteiger partial charge is 0.490 e. The minimum absolute atomic E-state index is 0.0868. The molecule has 0 aliphatic heterocycles. The van der Waals surface area contributed by atoms with Gasteiger partial charge in [0.05, 0.1) is 6.10 Å². The first-order chi connectivity index (χ1) is 11.5. The third kappa shape index (κ3) is 3.75. The van der Waals surface area contributed by atoms with Gasteiger partial charge in [-0.1, -0.05) is 13.0 Å². The molecule has 4 N–H and O–H groups in total. The Morgan fingerprint density at radius 2 is 2.12 bits per heavy atom. The molecule has 4 nitrogen and oxygen atoms in total. The van der Waals surface area contributed by atoms with Crippen LogP contribution >= 0.6 is 0 Å². The molecular weight excluding hydrogens is 300 g/mol. The standard InChI is InChI=1S/C20H30N2O2/c1-20(19(22)23)8-2-5-18(13-20)24-17-7-6-15-10-14(4-3-9-21)11-16(15)12-17/h6-7,12,14,18H,2-5,8-11,13,21H2,1H3,(H2,22,23). The summed E-state index contributed by atoms with van der Waals surface area (Å²) >= 11 is 0. The summed E-state index contributed by atoms with van der Waals surface area (Å²) in [6.45, 7) is 2.75. The van der Waals surface area contributed by atoms with Crippen LogP contribution in [0.3, 0.4) is 0 Å². The SMILES string of the molecule is CC1(C(N)=O)CCCC(Oc2ccc3c(c2)CC(CCCN)C3)C1. The Bertz CT molecular complexity index is 601. The van der Waals surface area contributed by atoms with Crippen LogP contribution < -0.4 is 16.2 Å². The van der Waals surface area contributed by atoms with E-state index in [-0.39, 0.29) is 12.0 Å². The Morgan fingerprint density at radius 1 is 1.33 bits per heavy atom. The highest BCUT2D eigenvalue weighted by Gasteiger charge is 2.38. The zero-order chi connectivity index (χ0) is 17.2. The monoisotopic (exact) mass is 330 g/mol. The van der Waals surface area contributed by atoms with Crippen molar-refractivity contribution in [3.63, 3.8) is 0 Å². The van der Waals surface area contributed by atoms with Crippen LogP contribution in [0.5, 0.6) is 5.75 Å². The Hall–Kier alpha value is -1.55. The Balaban J connectivity index is 1.62. The number of amides is 1. The van der Waals surface area contributed by atoms with E-state index < -0.39 is 5.41 Å². The number of fused-ring (bicyclic) bond motifs is 1. The predicted octanol–water partition coefficient (Wildman–Crippen LogP) is 2.95. The number of hydrogen-bond acceptors (Lipinski definition) is 3. The third-order valence-electron chi connectivity index (χ3n) is 5.84. The van der Waals surface area contributed by atoms with Gasteiger partial charge < -0.3 is 16.2 Å². The Kier molecular flexibility index (Phi) is 5.14. The number of carbonyl (C=O) groups is 1. The number of hydrogen-bond donors (Lipinski definition) is 2. The molecule has 0 saturated heterocycles. The van der Waals surface area contributed by atoms with Gasteiger partial charge in [0, 0.05) is 5.41 Å². The van der Waals surface area contributed by atoms with Gasteiger partial charge in [0.2, 0.25) is 5.91 Å². The highest BCUT2D eigenvalue weighted by molar-refractivity contribution is 5.80. The molecule has 3 atom stereocenters. The normalized spacial score (nSPS) is 29.2. The molecule has 2 aliphatic carbocycles. The minimum Gasteiger partial charge on any atom is -0.490 e. The number of primary amides is 1. The first-order valence-corrected chi connectivity index (χ1v) is 9.28. The highest BCUT2D eigenvalue weighted by Crippen LogP contribution is 2.38. The fourth-order valence-electron chi connectivity index (χ4n) is 4.31. The second-order valence-electron chi connectivity index (χ2n) is 7.90. The number of nitrogens with two attached hydrogens (primary N) is 2. The Morgan fingerprint density at radius 3 is 2.88 bits per heavy atom. The summed E-state index contributed by atoms with van der Waals surface area (Å²) < 4.78 is 6.21. The molecule has 132 valence electrons. The van der Waals surface area contributed by atoms with Gasteiger partial charge in [0.25, 0.3) is 0 Å². The summed E-state index contributed by atoms with van der Waals surface area (Å²) in [5.74, 6) is 1.46. The van der Waals surface area contributed by atoms with Crippen LogP contribution in [0.4, 0.5) is 0 Å². The topological polar surface area (TPSA) is 78.3 Å². The van der Waals surface area contributed by atoms with E-state index in [0.29, 0.717) is 0 Å². The highest BCUT2D eigenvalue weighted by atomic mass is 16.5. The zero-order valence-electron chi connectivity index (χ0n) is 14.7. The summed E-state index contributed by atoms with van der Waals surface area (Å²) in [7, 11) is 0. The van der Waals surface area contributed by atoms with Crippen molar-refractivity contribution < 1.29 is 9.53 Å². The van der Waals surface area contributed by atoms with E-state index in [9.17, 15) is 4.79 Å². The van der Waals surface area contributed by atoms with E-state index in [2.05, 4.69) is 18.2 Å². The third-order valence-corrected chi connectivity index (χ3v) is 5.84. The number of rotatable bonds is 6. The van der Waals surface area contributed by atoms with E-state index >= 15 is 0 Å². The van der Waals surface area contributed by atoms with Crippen molar-refractivity contribution in [2.75, 3.05) is 6.54 Å². The molecule has 1 aromatic rings. The molecular formula is C20H30N2O2. The molecule has 0 aromatic heterocycles. The van der Waals surface area contributed by atoms with E-state index in [1.165, 1.54) is 24.0 Å². The first kappa shape index (κ1) is 17.3. The Labute approximate surface area is 144 Å². The zero-order valence-corrected chi connectivity index (χ0v) is 14.7. The molecule has 3 rings (SSSR count). The van der Waals surface area contributed by atoms with Crippen LogP contribution in [0.15, 0.2) is 18.2 Å². The van der Waals surface area contributed by atoms with E-state index in [0.717, 1.165) is 56.7 Å². The average molecular weight is 330 g/mol. The first-order valence-electron chi connectivity index (χ1n) is 9.28. The van der Waals surface area contributed by atoms with E-state index in [1.807, 2.05) is 6.92 Å². The van der Waals surface area contributed by atoms with Gasteiger partial charge in [-0.05, 0) is 87.1 Å². The van der Waals surface area contributed by atoms with Crippen molar-refractivity contribution in [2.45, 2.75) is 64.4 Å². The smallest absolute Gasteiger partial charge is 0.223 e. The molecule has 1 fully saturated rings. The molecule has 2 aliphatic rings. The van der Waals surface area contributed by atoms with E-state index in [4.69, 9.17) is 16.2 Å². The van der Waals surface area contributed by atoms with Crippen molar-refractivity contribution >= 4 is 5.91 Å².